The summed E-state index contributed by atoms with van der Waals surface area (Å²) < 4.78 is 0. The zero-order valence-electron chi connectivity index (χ0n) is 9.37. The van der Waals surface area contributed by atoms with Crippen LogP contribution >= 0.6 is 0 Å². The number of carbonyl (C=O) groups is 1. The Morgan fingerprint density at radius 3 is 2.60 bits per heavy atom. The topological polar surface area (TPSA) is 42.0 Å². The molecule has 1 amide bonds. The predicted molar refractivity (Wildman–Crippen MR) is 58.4 cm³/mol. The van der Waals surface area contributed by atoms with Gasteiger partial charge in [0.2, 0.25) is 5.91 Å². The second-order valence-corrected chi connectivity index (χ2v) is 4.92. The first-order valence-electron chi connectivity index (χ1n) is 5.17. The van der Waals surface area contributed by atoms with Gasteiger partial charge in [0.25, 0.3) is 0 Å². The van der Waals surface area contributed by atoms with E-state index in [0.717, 1.165) is 5.56 Å². The molecule has 3 heteroatoms. The van der Waals surface area contributed by atoms with E-state index >= 15 is 0 Å². The first-order valence-corrected chi connectivity index (χ1v) is 5.17. The van der Waals surface area contributed by atoms with Crippen molar-refractivity contribution < 1.29 is 4.79 Å². The molecule has 15 heavy (non-hydrogen) atoms. The van der Waals surface area contributed by atoms with Gasteiger partial charge >= 0.3 is 0 Å². The molecule has 1 saturated heterocycles. The Balaban J connectivity index is 2.47. The summed E-state index contributed by atoms with van der Waals surface area (Å²) in [5, 5.41) is 3.02. The fourth-order valence-electron chi connectivity index (χ4n) is 2.22. The molecule has 1 atom stereocenters. The van der Waals surface area contributed by atoms with E-state index in [1.54, 1.807) is 6.20 Å². The van der Waals surface area contributed by atoms with E-state index in [9.17, 15) is 4.79 Å². The number of rotatable bonds is 1. The van der Waals surface area contributed by atoms with Crippen molar-refractivity contribution >= 4 is 5.91 Å². The molecule has 3 nitrogen and oxygen atoms in total. The van der Waals surface area contributed by atoms with Crippen molar-refractivity contribution in [2.75, 3.05) is 0 Å². The number of pyridine rings is 1. The zero-order chi connectivity index (χ0) is 11.1. The lowest BCUT2D eigenvalue weighted by molar-refractivity contribution is -0.119. The number of hydrogen-bond acceptors (Lipinski definition) is 2. The number of nitrogens with one attached hydrogen (secondary N) is 1. The molecular formula is C12H16N2O. The van der Waals surface area contributed by atoms with E-state index in [-0.39, 0.29) is 16.9 Å². The van der Waals surface area contributed by atoms with Crippen LogP contribution in [-0.2, 0) is 10.2 Å². The zero-order valence-corrected chi connectivity index (χ0v) is 9.37. The molecule has 1 aromatic heterocycles. The van der Waals surface area contributed by atoms with Gasteiger partial charge in [-0.1, -0.05) is 13.0 Å². The summed E-state index contributed by atoms with van der Waals surface area (Å²) in [6.07, 6.45) is 4.14. The summed E-state index contributed by atoms with van der Waals surface area (Å²) in [5.74, 6) is 0.117. The van der Waals surface area contributed by atoms with E-state index in [2.05, 4.69) is 31.1 Å². The molecule has 0 saturated carbocycles. The van der Waals surface area contributed by atoms with Crippen molar-refractivity contribution in [2.24, 2.45) is 0 Å². The van der Waals surface area contributed by atoms with Gasteiger partial charge in [0.05, 0.1) is 0 Å². The highest BCUT2D eigenvalue weighted by Gasteiger charge is 2.50. The molecule has 0 radical (unpaired) electrons. The molecule has 0 aliphatic carbocycles. The maximum atomic E-state index is 11.5. The van der Waals surface area contributed by atoms with Crippen LogP contribution in [0.2, 0.25) is 0 Å². The van der Waals surface area contributed by atoms with Crippen LogP contribution in [0, 0.1) is 0 Å². The quantitative estimate of drug-likeness (QED) is 0.755. The van der Waals surface area contributed by atoms with Crippen LogP contribution in [0.1, 0.15) is 32.8 Å². The Labute approximate surface area is 89.9 Å². The number of amides is 1. The normalized spacial score (nSPS) is 28.9. The largest absolute Gasteiger partial charge is 0.350 e. The Bertz CT molecular complexity index is 386. The van der Waals surface area contributed by atoms with Gasteiger partial charge in [-0.3, -0.25) is 9.78 Å². The van der Waals surface area contributed by atoms with Crippen molar-refractivity contribution in [1.82, 2.24) is 10.3 Å². The fourth-order valence-corrected chi connectivity index (χ4v) is 2.22. The van der Waals surface area contributed by atoms with E-state index in [1.165, 1.54) is 0 Å². The minimum Gasteiger partial charge on any atom is -0.350 e. The molecule has 2 heterocycles. The second kappa shape index (κ2) is 3.05. The average Bonchev–Trinajstić information content (AvgIpc) is 2.38. The van der Waals surface area contributed by atoms with E-state index < -0.39 is 0 Å². The highest BCUT2D eigenvalue weighted by molar-refractivity contribution is 5.82. The van der Waals surface area contributed by atoms with Gasteiger partial charge in [-0.05, 0) is 25.5 Å². The third-order valence-electron chi connectivity index (χ3n) is 3.64. The first kappa shape index (κ1) is 10.1. The minimum atomic E-state index is -0.215. The van der Waals surface area contributed by atoms with E-state index in [0.29, 0.717) is 6.42 Å². The van der Waals surface area contributed by atoms with Gasteiger partial charge in [-0.25, -0.2) is 0 Å². The maximum absolute atomic E-state index is 11.5. The van der Waals surface area contributed by atoms with Gasteiger partial charge in [-0.2, -0.15) is 0 Å². The van der Waals surface area contributed by atoms with Gasteiger partial charge < -0.3 is 5.32 Å². The molecule has 1 fully saturated rings. The lowest BCUT2D eigenvalue weighted by Gasteiger charge is -2.37. The average molecular weight is 204 g/mol. The lowest BCUT2D eigenvalue weighted by Crippen LogP contribution is -2.48. The van der Waals surface area contributed by atoms with Crippen LogP contribution < -0.4 is 5.32 Å². The highest BCUT2D eigenvalue weighted by atomic mass is 16.2. The molecule has 0 aromatic carbocycles. The van der Waals surface area contributed by atoms with Crippen molar-refractivity contribution in [3.05, 3.63) is 30.1 Å². The van der Waals surface area contributed by atoms with Crippen LogP contribution in [0.25, 0.3) is 0 Å². The second-order valence-electron chi connectivity index (χ2n) is 4.92. The smallest absolute Gasteiger partial charge is 0.221 e. The van der Waals surface area contributed by atoms with Crippen LogP contribution in [0.5, 0.6) is 0 Å². The predicted octanol–water partition coefficient (Wildman–Crippen LogP) is 1.64. The number of aromatic nitrogens is 1. The van der Waals surface area contributed by atoms with E-state index in [4.69, 9.17) is 0 Å². The monoisotopic (exact) mass is 204 g/mol. The summed E-state index contributed by atoms with van der Waals surface area (Å²) in [4.78, 5) is 15.6. The summed E-state index contributed by atoms with van der Waals surface area (Å²) >= 11 is 0. The van der Waals surface area contributed by atoms with Crippen molar-refractivity contribution in [2.45, 2.75) is 38.1 Å². The summed E-state index contributed by atoms with van der Waals surface area (Å²) in [6.45, 7) is 6.23. The summed E-state index contributed by atoms with van der Waals surface area (Å²) in [5.41, 5.74) is 0.735. The van der Waals surface area contributed by atoms with Gasteiger partial charge in [0.1, 0.15) is 0 Å². The van der Waals surface area contributed by atoms with Crippen molar-refractivity contribution in [1.29, 1.82) is 0 Å². The first-order chi connectivity index (χ1) is 6.96. The van der Waals surface area contributed by atoms with Crippen LogP contribution in [-0.4, -0.2) is 16.4 Å². The lowest BCUT2D eigenvalue weighted by atomic mass is 9.69. The summed E-state index contributed by atoms with van der Waals surface area (Å²) in [6, 6.07) is 3.95. The summed E-state index contributed by atoms with van der Waals surface area (Å²) in [7, 11) is 0. The van der Waals surface area contributed by atoms with Crippen LogP contribution in [0.3, 0.4) is 0 Å². The molecule has 1 N–H and O–H groups in total. The molecule has 0 spiro atoms. The molecule has 1 aromatic rings. The minimum absolute atomic E-state index is 0.117. The molecule has 2 rings (SSSR count). The Morgan fingerprint density at radius 1 is 1.40 bits per heavy atom. The van der Waals surface area contributed by atoms with Crippen molar-refractivity contribution in [3.63, 3.8) is 0 Å². The fraction of sp³-hybridized carbons (Fsp3) is 0.500. The molecule has 0 bridgehead atoms. The molecule has 80 valence electrons. The van der Waals surface area contributed by atoms with Crippen molar-refractivity contribution in [3.8, 4) is 0 Å². The third kappa shape index (κ3) is 1.42. The van der Waals surface area contributed by atoms with Crippen LogP contribution in [0.4, 0.5) is 0 Å². The number of nitrogens with zero attached hydrogens (tertiary/aromatic N) is 1. The van der Waals surface area contributed by atoms with E-state index in [1.807, 2.05) is 18.3 Å². The molecular weight excluding hydrogens is 188 g/mol. The van der Waals surface area contributed by atoms with Gasteiger partial charge in [-0.15, -0.1) is 0 Å². The highest BCUT2D eigenvalue weighted by Crippen LogP contribution is 2.41. The molecule has 1 aliphatic rings. The molecule has 1 aliphatic heterocycles. The van der Waals surface area contributed by atoms with Gasteiger partial charge in [0.15, 0.2) is 0 Å². The Hall–Kier alpha value is -1.38. The van der Waals surface area contributed by atoms with Crippen LogP contribution in [0.15, 0.2) is 24.5 Å². The van der Waals surface area contributed by atoms with Gasteiger partial charge in [0, 0.05) is 29.8 Å². The molecule has 1 unspecified atom stereocenters. The number of carbonyl (C=O) groups excluding carboxylic acids is 1. The number of hydrogen-bond donors (Lipinski definition) is 1. The maximum Gasteiger partial charge on any atom is 0.221 e. The Morgan fingerprint density at radius 2 is 2.13 bits per heavy atom. The standard InChI is InChI=1S/C12H16N2O/c1-11(2)12(3,7-10(15)14-11)9-5-4-6-13-8-9/h4-6,8H,7H2,1-3H3,(H,14,15). The third-order valence-corrected chi connectivity index (χ3v) is 3.64. The SMILES string of the molecule is CC1(C)NC(=O)CC1(C)c1cccnc1. The Kier molecular flexibility index (Phi) is 2.07.